The number of fused-ring (bicyclic) bond motifs is 1. The molecule has 2 aromatic heterocycles. The molecule has 2 aromatic rings. The standard InChI is InChI=1S/C10H8N4O2/c1-5-6(3-11)9(15)14(2)8-7(5)4-12-10(16)13-8/h4H,1-2H3,(H,12,13,16). The second-order valence-electron chi connectivity index (χ2n) is 3.43. The molecule has 0 aliphatic rings. The second kappa shape index (κ2) is 3.31. The lowest BCUT2D eigenvalue weighted by molar-refractivity contribution is 0.868. The first-order chi connectivity index (χ1) is 7.56. The highest BCUT2D eigenvalue weighted by Gasteiger charge is 2.12. The van der Waals surface area contributed by atoms with E-state index in [2.05, 4.69) is 9.97 Å². The molecule has 0 fully saturated rings. The fraction of sp³-hybridized carbons (Fsp3) is 0.200. The van der Waals surface area contributed by atoms with Gasteiger partial charge in [0.2, 0.25) is 0 Å². The number of aromatic amines is 1. The summed E-state index contributed by atoms with van der Waals surface area (Å²) >= 11 is 0. The van der Waals surface area contributed by atoms with Crippen LogP contribution in [0, 0.1) is 18.3 Å². The van der Waals surface area contributed by atoms with Crippen LogP contribution in [0.15, 0.2) is 15.8 Å². The number of nitrogens with one attached hydrogen (secondary N) is 1. The van der Waals surface area contributed by atoms with E-state index in [1.807, 2.05) is 6.07 Å². The molecule has 6 heteroatoms. The Morgan fingerprint density at radius 2 is 2.19 bits per heavy atom. The first kappa shape index (κ1) is 10.1. The molecular weight excluding hydrogens is 208 g/mol. The van der Waals surface area contributed by atoms with Crippen molar-refractivity contribution in [2.24, 2.45) is 7.05 Å². The quantitative estimate of drug-likeness (QED) is 0.660. The van der Waals surface area contributed by atoms with Gasteiger partial charge < -0.3 is 0 Å². The lowest BCUT2D eigenvalue weighted by atomic mass is 10.1. The van der Waals surface area contributed by atoms with E-state index >= 15 is 0 Å². The maximum absolute atomic E-state index is 11.7. The fourth-order valence-corrected chi connectivity index (χ4v) is 1.62. The Kier molecular flexibility index (Phi) is 2.09. The smallest absolute Gasteiger partial charge is 0.296 e. The number of aromatic nitrogens is 3. The van der Waals surface area contributed by atoms with Crippen molar-refractivity contribution in [3.05, 3.63) is 38.2 Å². The van der Waals surface area contributed by atoms with Gasteiger partial charge in [-0.3, -0.25) is 14.3 Å². The Labute approximate surface area is 89.8 Å². The second-order valence-corrected chi connectivity index (χ2v) is 3.43. The lowest BCUT2D eigenvalue weighted by Gasteiger charge is -2.07. The third-order valence-electron chi connectivity index (χ3n) is 2.54. The van der Waals surface area contributed by atoms with Crippen molar-refractivity contribution < 1.29 is 0 Å². The molecule has 1 N–H and O–H groups in total. The van der Waals surface area contributed by atoms with Gasteiger partial charge in [-0.2, -0.15) is 5.26 Å². The van der Waals surface area contributed by atoms with Crippen LogP contribution in [0.2, 0.25) is 0 Å². The molecule has 0 atom stereocenters. The van der Waals surface area contributed by atoms with E-state index in [0.717, 1.165) is 0 Å². The molecule has 0 aliphatic carbocycles. The van der Waals surface area contributed by atoms with E-state index in [1.165, 1.54) is 17.8 Å². The SMILES string of the molecule is Cc1c(C#N)c(=O)n(C)c2[nH]c(=O)ncc12. The van der Waals surface area contributed by atoms with Crippen molar-refractivity contribution in [1.29, 1.82) is 5.26 Å². The zero-order valence-electron chi connectivity index (χ0n) is 8.74. The van der Waals surface area contributed by atoms with Crippen LogP contribution in [0.1, 0.15) is 11.1 Å². The van der Waals surface area contributed by atoms with E-state index in [-0.39, 0.29) is 5.56 Å². The molecular formula is C10H8N4O2. The molecule has 16 heavy (non-hydrogen) atoms. The number of aryl methyl sites for hydroxylation is 2. The van der Waals surface area contributed by atoms with E-state index in [9.17, 15) is 9.59 Å². The summed E-state index contributed by atoms with van der Waals surface area (Å²) in [5.41, 5.74) is 0.0376. The Morgan fingerprint density at radius 1 is 1.50 bits per heavy atom. The summed E-state index contributed by atoms with van der Waals surface area (Å²) in [7, 11) is 1.50. The van der Waals surface area contributed by atoms with Gasteiger partial charge in [0.05, 0.1) is 0 Å². The first-order valence-corrected chi connectivity index (χ1v) is 4.55. The van der Waals surface area contributed by atoms with Crippen molar-refractivity contribution >= 4 is 11.0 Å². The lowest BCUT2D eigenvalue weighted by Crippen LogP contribution is -2.24. The number of hydrogen-bond acceptors (Lipinski definition) is 4. The summed E-state index contributed by atoms with van der Waals surface area (Å²) in [5.74, 6) is 0. The highest BCUT2D eigenvalue weighted by atomic mass is 16.1. The Bertz CT molecular complexity index is 733. The third kappa shape index (κ3) is 1.22. The van der Waals surface area contributed by atoms with Gasteiger partial charge in [0.15, 0.2) is 0 Å². The summed E-state index contributed by atoms with van der Waals surface area (Å²) in [6.07, 6.45) is 1.36. The third-order valence-corrected chi connectivity index (χ3v) is 2.54. The van der Waals surface area contributed by atoms with Gasteiger partial charge in [-0.15, -0.1) is 0 Å². The zero-order valence-corrected chi connectivity index (χ0v) is 8.74. The Balaban J connectivity index is 3.15. The van der Waals surface area contributed by atoms with Crippen LogP contribution in [0.5, 0.6) is 0 Å². The van der Waals surface area contributed by atoms with Crippen molar-refractivity contribution in [3.63, 3.8) is 0 Å². The van der Waals surface area contributed by atoms with Gasteiger partial charge in [-0.1, -0.05) is 0 Å². The number of nitrogens with zero attached hydrogens (tertiary/aromatic N) is 3. The van der Waals surface area contributed by atoms with Crippen molar-refractivity contribution in [2.45, 2.75) is 6.92 Å². The minimum Gasteiger partial charge on any atom is -0.296 e. The summed E-state index contributed by atoms with van der Waals surface area (Å²) in [6, 6.07) is 1.86. The van der Waals surface area contributed by atoms with E-state index in [1.54, 1.807) is 6.92 Å². The summed E-state index contributed by atoms with van der Waals surface area (Å²) in [4.78, 5) is 28.9. The highest BCUT2D eigenvalue weighted by Crippen LogP contribution is 2.13. The van der Waals surface area contributed by atoms with Crippen LogP contribution in [-0.2, 0) is 7.05 Å². The first-order valence-electron chi connectivity index (χ1n) is 4.55. The van der Waals surface area contributed by atoms with Gasteiger partial charge >= 0.3 is 5.69 Å². The molecule has 6 nitrogen and oxygen atoms in total. The van der Waals surface area contributed by atoms with Gasteiger partial charge in [0.25, 0.3) is 5.56 Å². The van der Waals surface area contributed by atoms with Gasteiger partial charge in [-0.25, -0.2) is 9.78 Å². The summed E-state index contributed by atoms with van der Waals surface area (Å²) in [5, 5.41) is 9.48. The van der Waals surface area contributed by atoms with Crippen molar-refractivity contribution in [3.8, 4) is 6.07 Å². The molecule has 2 rings (SSSR count). The minimum atomic E-state index is -0.522. The average molecular weight is 216 g/mol. The maximum atomic E-state index is 11.7. The molecule has 0 amide bonds. The molecule has 80 valence electrons. The topological polar surface area (TPSA) is 91.5 Å². The van der Waals surface area contributed by atoms with Crippen LogP contribution in [0.4, 0.5) is 0 Å². The Morgan fingerprint density at radius 3 is 2.81 bits per heavy atom. The molecule has 2 heterocycles. The predicted molar refractivity (Wildman–Crippen MR) is 57.1 cm³/mol. The molecule has 0 spiro atoms. The summed E-state index contributed by atoms with van der Waals surface area (Å²) < 4.78 is 1.24. The van der Waals surface area contributed by atoms with Crippen LogP contribution < -0.4 is 11.2 Å². The average Bonchev–Trinajstić information content (AvgIpc) is 2.27. The van der Waals surface area contributed by atoms with Crippen LogP contribution >= 0.6 is 0 Å². The normalized spacial score (nSPS) is 10.3. The van der Waals surface area contributed by atoms with Crippen LogP contribution in [0.3, 0.4) is 0 Å². The number of H-pyrrole nitrogens is 1. The molecule has 0 radical (unpaired) electrons. The van der Waals surface area contributed by atoms with Crippen molar-refractivity contribution in [2.75, 3.05) is 0 Å². The van der Waals surface area contributed by atoms with Gasteiger partial charge in [-0.05, 0) is 12.5 Å². The zero-order chi connectivity index (χ0) is 11.9. The summed E-state index contributed by atoms with van der Waals surface area (Å²) in [6.45, 7) is 1.66. The molecule has 0 bridgehead atoms. The van der Waals surface area contributed by atoms with E-state index in [4.69, 9.17) is 5.26 Å². The number of pyridine rings is 1. The number of nitriles is 1. The largest absolute Gasteiger partial charge is 0.346 e. The van der Waals surface area contributed by atoms with Gasteiger partial charge in [0, 0.05) is 18.6 Å². The Hall–Kier alpha value is -2.42. The molecule has 0 unspecified atom stereocenters. The van der Waals surface area contributed by atoms with E-state index in [0.29, 0.717) is 16.6 Å². The van der Waals surface area contributed by atoms with Crippen LogP contribution in [0.25, 0.3) is 11.0 Å². The van der Waals surface area contributed by atoms with Gasteiger partial charge in [0.1, 0.15) is 17.3 Å². The monoisotopic (exact) mass is 216 g/mol. The molecule has 0 saturated carbocycles. The fourth-order valence-electron chi connectivity index (χ4n) is 1.62. The maximum Gasteiger partial charge on any atom is 0.346 e. The minimum absolute atomic E-state index is 0.0730. The molecule has 0 aliphatic heterocycles. The van der Waals surface area contributed by atoms with E-state index < -0.39 is 11.2 Å². The molecule has 0 saturated heterocycles. The highest BCUT2D eigenvalue weighted by molar-refractivity contribution is 5.79. The molecule has 0 aromatic carbocycles. The van der Waals surface area contributed by atoms with Crippen LogP contribution in [-0.4, -0.2) is 14.5 Å². The predicted octanol–water partition coefficient (Wildman–Crippen LogP) is -0.198. The number of rotatable bonds is 0. The van der Waals surface area contributed by atoms with Crippen molar-refractivity contribution in [1.82, 2.24) is 14.5 Å². The number of hydrogen-bond donors (Lipinski definition) is 1.